The molecule has 0 bridgehead atoms. The van der Waals surface area contributed by atoms with Crippen molar-refractivity contribution in [2.45, 2.75) is 25.4 Å². The number of benzene rings is 2. The number of nitrogens with one attached hydrogen (secondary N) is 1. The van der Waals surface area contributed by atoms with Crippen molar-refractivity contribution in [2.24, 2.45) is 0 Å². The molecular weight excluding hydrogens is 304 g/mol. The Bertz CT molecular complexity index is 880. The number of hydrogen-bond donors (Lipinski definition) is 1. The zero-order chi connectivity index (χ0) is 16.6. The summed E-state index contributed by atoms with van der Waals surface area (Å²) in [5, 5.41) is 2.99. The second kappa shape index (κ2) is 5.76. The third-order valence-electron chi connectivity index (χ3n) is 4.40. The predicted octanol–water partition coefficient (Wildman–Crippen LogP) is 3.78. The Morgan fingerprint density at radius 2 is 2.00 bits per heavy atom. The van der Waals surface area contributed by atoms with Crippen LogP contribution in [0.2, 0.25) is 0 Å². The Kier molecular flexibility index (Phi) is 3.58. The number of anilines is 1. The van der Waals surface area contributed by atoms with Gasteiger partial charge in [-0.25, -0.2) is 4.98 Å². The molecule has 3 aromatic rings. The molecule has 4 rings (SSSR count). The van der Waals surface area contributed by atoms with Gasteiger partial charge in [0.15, 0.2) is 17.1 Å². The Labute approximate surface area is 139 Å². The largest absolute Gasteiger partial charge is 0.441 e. The van der Waals surface area contributed by atoms with E-state index in [1.807, 2.05) is 48.5 Å². The lowest BCUT2D eigenvalue weighted by atomic mass is 9.89. The molecule has 2 aromatic carbocycles. The molecule has 1 N–H and O–H groups in total. The Morgan fingerprint density at radius 1 is 1.17 bits per heavy atom. The van der Waals surface area contributed by atoms with Gasteiger partial charge in [0.2, 0.25) is 0 Å². The number of oxazole rings is 1. The van der Waals surface area contributed by atoms with Gasteiger partial charge in [0.05, 0.1) is 5.69 Å². The maximum atomic E-state index is 13.1. The van der Waals surface area contributed by atoms with E-state index in [4.69, 9.17) is 9.15 Å². The zero-order valence-corrected chi connectivity index (χ0v) is 13.4. The molecule has 1 aliphatic heterocycles. The molecule has 0 radical (unpaired) electrons. The first-order chi connectivity index (χ1) is 11.7. The monoisotopic (exact) mass is 322 g/mol. The molecule has 5 nitrogen and oxygen atoms in total. The smallest absolute Gasteiger partial charge is 0.261 e. The summed E-state index contributed by atoms with van der Waals surface area (Å²) in [7, 11) is 0. The van der Waals surface area contributed by atoms with Crippen LogP contribution < -0.4 is 5.32 Å². The Hall–Kier alpha value is -2.66. The van der Waals surface area contributed by atoms with E-state index in [1.165, 1.54) is 0 Å². The van der Waals surface area contributed by atoms with Crippen molar-refractivity contribution in [2.75, 3.05) is 11.9 Å². The van der Waals surface area contributed by atoms with E-state index < -0.39 is 5.60 Å². The summed E-state index contributed by atoms with van der Waals surface area (Å²) in [4.78, 5) is 17.5. The second-order valence-corrected chi connectivity index (χ2v) is 5.98. The number of fused-ring (bicyclic) bond motifs is 1. The summed E-state index contributed by atoms with van der Waals surface area (Å²) in [5.74, 6) is 0.404. The number of para-hydroxylation sites is 1. The lowest BCUT2D eigenvalue weighted by Crippen LogP contribution is -2.39. The van der Waals surface area contributed by atoms with Crippen LogP contribution in [-0.4, -0.2) is 17.5 Å². The van der Waals surface area contributed by atoms with Gasteiger partial charge in [-0.05, 0) is 30.5 Å². The van der Waals surface area contributed by atoms with Gasteiger partial charge in [-0.15, -0.1) is 0 Å². The van der Waals surface area contributed by atoms with Gasteiger partial charge in [-0.2, -0.15) is 0 Å². The van der Waals surface area contributed by atoms with Crippen LogP contribution in [0.5, 0.6) is 0 Å². The first-order valence-corrected chi connectivity index (χ1v) is 8.06. The summed E-state index contributed by atoms with van der Waals surface area (Å²) in [5.41, 5.74) is 1.89. The van der Waals surface area contributed by atoms with Crippen LogP contribution in [0.15, 0.2) is 52.9 Å². The van der Waals surface area contributed by atoms with Crippen LogP contribution in [0.1, 0.15) is 24.3 Å². The van der Waals surface area contributed by atoms with Crippen molar-refractivity contribution in [3.63, 3.8) is 0 Å². The van der Waals surface area contributed by atoms with E-state index in [0.717, 1.165) is 12.0 Å². The van der Waals surface area contributed by atoms with Crippen LogP contribution in [0.25, 0.3) is 11.1 Å². The van der Waals surface area contributed by atoms with Gasteiger partial charge in [-0.1, -0.05) is 36.4 Å². The molecule has 0 spiro atoms. The Balaban J connectivity index is 1.71. The van der Waals surface area contributed by atoms with Gasteiger partial charge >= 0.3 is 0 Å². The minimum atomic E-state index is -0.942. The quantitative estimate of drug-likeness (QED) is 0.797. The van der Waals surface area contributed by atoms with E-state index in [2.05, 4.69) is 10.3 Å². The van der Waals surface area contributed by atoms with Crippen molar-refractivity contribution >= 4 is 22.7 Å². The molecule has 0 saturated carbocycles. The van der Waals surface area contributed by atoms with E-state index in [0.29, 0.717) is 35.7 Å². The third-order valence-corrected chi connectivity index (χ3v) is 4.40. The van der Waals surface area contributed by atoms with Gasteiger partial charge in [-0.3, -0.25) is 4.79 Å². The van der Waals surface area contributed by atoms with Crippen molar-refractivity contribution in [3.8, 4) is 0 Å². The molecule has 1 atom stereocenters. The molecular formula is C19H18N2O3. The number of amides is 1. The highest BCUT2D eigenvalue weighted by Gasteiger charge is 2.44. The van der Waals surface area contributed by atoms with E-state index in [-0.39, 0.29) is 5.91 Å². The van der Waals surface area contributed by atoms with E-state index in [1.54, 1.807) is 6.92 Å². The third kappa shape index (κ3) is 2.37. The number of carbonyl (C=O) groups is 1. The van der Waals surface area contributed by atoms with Crippen LogP contribution in [0.3, 0.4) is 0 Å². The second-order valence-electron chi connectivity index (χ2n) is 5.98. The zero-order valence-electron chi connectivity index (χ0n) is 13.4. The Morgan fingerprint density at radius 3 is 2.75 bits per heavy atom. The highest BCUT2D eigenvalue weighted by molar-refractivity contribution is 6.03. The molecule has 0 aliphatic carbocycles. The van der Waals surface area contributed by atoms with Gasteiger partial charge in [0.25, 0.3) is 5.91 Å². The van der Waals surface area contributed by atoms with E-state index >= 15 is 0 Å². The van der Waals surface area contributed by atoms with Crippen LogP contribution in [-0.2, 0) is 15.1 Å². The number of nitrogens with zero attached hydrogens (tertiary/aromatic N) is 1. The maximum absolute atomic E-state index is 13.1. The first-order valence-electron chi connectivity index (χ1n) is 8.06. The molecule has 2 heterocycles. The normalized spacial score (nSPS) is 20.4. The molecule has 1 aromatic heterocycles. The fourth-order valence-electron chi connectivity index (χ4n) is 3.27. The molecule has 1 amide bonds. The lowest BCUT2D eigenvalue weighted by Gasteiger charge is -2.27. The van der Waals surface area contributed by atoms with Crippen LogP contribution in [0, 0.1) is 6.92 Å². The van der Waals surface area contributed by atoms with E-state index in [9.17, 15) is 4.79 Å². The molecule has 1 fully saturated rings. The average Bonchev–Trinajstić information content (AvgIpc) is 3.23. The SMILES string of the molecule is Cc1nc2c(NC(=O)C3(c4ccccc4)CCCO3)cccc2o1. The minimum Gasteiger partial charge on any atom is -0.441 e. The van der Waals surface area contributed by atoms with Crippen molar-refractivity contribution < 1.29 is 13.9 Å². The first kappa shape index (κ1) is 14.9. The number of ether oxygens (including phenoxy) is 1. The van der Waals surface area contributed by atoms with Gasteiger partial charge in [0, 0.05) is 13.5 Å². The van der Waals surface area contributed by atoms with Crippen LogP contribution >= 0.6 is 0 Å². The molecule has 122 valence electrons. The number of hydrogen-bond acceptors (Lipinski definition) is 4. The van der Waals surface area contributed by atoms with Crippen molar-refractivity contribution in [3.05, 3.63) is 60.0 Å². The average molecular weight is 322 g/mol. The highest BCUT2D eigenvalue weighted by Crippen LogP contribution is 2.37. The predicted molar refractivity (Wildman–Crippen MR) is 90.7 cm³/mol. The van der Waals surface area contributed by atoms with Gasteiger partial charge < -0.3 is 14.5 Å². The topological polar surface area (TPSA) is 64.4 Å². The maximum Gasteiger partial charge on any atom is 0.261 e. The fourth-order valence-corrected chi connectivity index (χ4v) is 3.27. The van der Waals surface area contributed by atoms with Crippen molar-refractivity contribution in [1.29, 1.82) is 0 Å². The summed E-state index contributed by atoms with van der Waals surface area (Å²) in [6.45, 7) is 2.37. The van der Waals surface area contributed by atoms with Crippen molar-refractivity contribution in [1.82, 2.24) is 4.98 Å². The number of aromatic nitrogens is 1. The summed E-state index contributed by atoms with van der Waals surface area (Å²) in [6.07, 6.45) is 1.52. The molecule has 5 heteroatoms. The summed E-state index contributed by atoms with van der Waals surface area (Å²) >= 11 is 0. The van der Waals surface area contributed by atoms with Crippen LogP contribution in [0.4, 0.5) is 5.69 Å². The molecule has 1 aliphatic rings. The standard InChI is InChI=1S/C19H18N2O3/c1-13-20-17-15(9-5-10-16(17)24-13)21-18(22)19(11-6-12-23-19)14-7-3-2-4-8-14/h2-5,7-10H,6,11-12H2,1H3,(H,21,22). The molecule has 1 unspecified atom stereocenters. The molecule has 1 saturated heterocycles. The summed E-state index contributed by atoms with van der Waals surface area (Å²) in [6, 6.07) is 15.2. The number of carbonyl (C=O) groups excluding carboxylic acids is 1. The number of aryl methyl sites for hydroxylation is 1. The lowest BCUT2D eigenvalue weighted by molar-refractivity contribution is -0.136. The van der Waals surface area contributed by atoms with Gasteiger partial charge in [0.1, 0.15) is 5.52 Å². The summed E-state index contributed by atoms with van der Waals surface area (Å²) < 4.78 is 11.5. The minimum absolute atomic E-state index is 0.167. The molecule has 24 heavy (non-hydrogen) atoms. The highest BCUT2D eigenvalue weighted by atomic mass is 16.5. The fraction of sp³-hybridized carbons (Fsp3) is 0.263. The number of rotatable bonds is 3.